The molecule has 204 valence electrons. The topological polar surface area (TPSA) is 144 Å². The molecule has 2 aromatic heterocycles. The van der Waals surface area contributed by atoms with E-state index in [2.05, 4.69) is 31.2 Å². The summed E-state index contributed by atoms with van der Waals surface area (Å²) in [6, 6.07) is 5.97. The molecule has 2 fully saturated rings. The monoisotopic (exact) mass is 533 g/mol. The van der Waals surface area contributed by atoms with E-state index in [0.717, 1.165) is 35.5 Å². The standard InChI is InChI=1S/C26H31N9O4/c1-17-14-19(33-6-10-37-11-7-33)2-3-21(17)30-26(36)39-35-5-4-20-22(18-15-28-24(27)29-16-18)31-25(32-23(20)35)34-8-12-38-13-9-34/h2-3,14-16H,4-13H2,1H3,(H,30,36)(H2,27,28,29). The zero-order chi connectivity index (χ0) is 26.8. The number of nitrogen functional groups attached to an aromatic ring is 1. The van der Waals surface area contributed by atoms with Crippen LogP contribution in [0.5, 0.6) is 0 Å². The second-order valence-electron chi connectivity index (χ2n) is 9.56. The Morgan fingerprint density at radius 2 is 1.67 bits per heavy atom. The lowest BCUT2D eigenvalue weighted by molar-refractivity contribution is 0.122. The van der Waals surface area contributed by atoms with Crippen LogP contribution in [-0.2, 0) is 20.7 Å². The van der Waals surface area contributed by atoms with Crippen LogP contribution in [0.3, 0.4) is 0 Å². The minimum absolute atomic E-state index is 0.188. The van der Waals surface area contributed by atoms with Gasteiger partial charge in [0.1, 0.15) is 0 Å². The summed E-state index contributed by atoms with van der Waals surface area (Å²) >= 11 is 0. The highest BCUT2D eigenvalue weighted by Crippen LogP contribution is 2.36. The van der Waals surface area contributed by atoms with Gasteiger partial charge in [-0.2, -0.15) is 10.0 Å². The quantitative estimate of drug-likeness (QED) is 0.495. The van der Waals surface area contributed by atoms with E-state index in [-0.39, 0.29) is 5.95 Å². The van der Waals surface area contributed by atoms with Gasteiger partial charge in [0.25, 0.3) is 0 Å². The van der Waals surface area contributed by atoms with Crippen LogP contribution >= 0.6 is 0 Å². The molecule has 3 aliphatic heterocycles. The van der Waals surface area contributed by atoms with Crippen molar-refractivity contribution in [2.75, 3.05) is 85.1 Å². The lowest BCUT2D eigenvalue weighted by Crippen LogP contribution is -2.37. The average Bonchev–Trinajstić information content (AvgIpc) is 3.37. The number of ether oxygens (including phenoxy) is 2. The third-order valence-electron chi connectivity index (χ3n) is 7.03. The van der Waals surface area contributed by atoms with E-state index in [0.29, 0.717) is 75.6 Å². The number of carbonyl (C=O) groups is 1. The first-order chi connectivity index (χ1) is 19.0. The van der Waals surface area contributed by atoms with Gasteiger partial charge < -0.3 is 29.8 Å². The molecule has 2 saturated heterocycles. The molecule has 39 heavy (non-hydrogen) atoms. The number of morpholine rings is 2. The highest BCUT2D eigenvalue weighted by atomic mass is 16.7. The van der Waals surface area contributed by atoms with Crippen LogP contribution in [0.15, 0.2) is 30.6 Å². The van der Waals surface area contributed by atoms with Gasteiger partial charge in [-0.05, 0) is 37.1 Å². The maximum atomic E-state index is 13.0. The molecule has 0 radical (unpaired) electrons. The van der Waals surface area contributed by atoms with Crippen molar-refractivity contribution in [2.45, 2.75) is 13.3 Å². The van der Waals surface area contributed by atoms with Gasteiger partial charge in [0, 0.05) is 61.1 Å². The number of fused-ring (bicyclic) bond motifs is 1. The van der Waals surface area contributed by atoms with Crippen molar-refractivity contribution in [3.8, 4) is 11.3 Å². The number of carbonyl (C=O) groups excluding carboxylic acids is 1. The summed E-state index contributed by atoms with van der Waals surface area (Å²) in [6.07, 6.45) is 3.30. The predicted octanol–water partition coefficient (Wildman–Crippen LogP) is 2.02. The Kier molecular flexibility index (Phi) is 6.99. The van der Waals surface area contributed by atoms with Crippen molar-refractivity contribution in [3.05, 3.63) is 41.7 Å². The van der Waals surface area contributed by atoms with E-state index >= 15 is 0 Å². The van der Waals surface area contributed by atoms with Crippen LogP contribution in [-0.4, -0.2) is 85.2 Å². The SMILES string of the molecule is Cc1cc(N2CCOCC2)ccc1NC(=O)ON1CCc2c(-c3cnc(N)nc3)nc(N3CCOCC3)nc21. The molecule has 0 aliphatic carbocycles. The van der Waals surface area contributed by atoms with Crippen LogP contribution in [0, 0.1) is 6.92 Å². The van der Waals surface area contributed by atoms with Crippen LogP contribution < -0.4 is 25.9 Å². The average molecular weight is 534 g/mol. The van der Waals surface area contributed by atoms with Gasteiger partial charge in [0.15, 0.2) is 5.82 Å². The van der Waals surface area contributed by atoms with Gasteiger partial charge in [-0.3, -0.25) is 5.32 Å². The zero-order valence-electron chi connectivity index (χ0n) is 21.8. The van der Waals surface area contributed by atoms with Gasteiger partial charge >= 0.3 is 6.09 Å². The first-order valence-corrected chi connectivity index (χ1v) is 13.1. The number of anilines is 5. The van der Waals surface area contributed by atoms with Gasteiger partial charge in [0.2, 0.25) is 11.9 Å². The highest BCUT2D eigenvalue weighted by molar-refractivity contribution is 5.87. The minimum atomic E-state index is -0.589. The van der Waals surface area contributed by atoms with Crippen molar-refractivity contribution < 1.29 is 19.1 Å². The molecular weight excluding hydrogens is 502 g/mol. The third kappa shape index (κ3) is 5.36. The molecule has 1 amide bonds. The Morgan fingerprint density at radius 1 is 0.974 bits per heavy atom. The summed E-state index contributed by atoms with van der Waals surface area (Å²) in [5, 5.41) is 4.40. The van der Waals surface area contributed by atoms with Gasteiger partial charge in [0.05, 0.1) is 38.7 Å². The van der Waals surface area contributed by atoms with Crippen LogP contribution in [0.2, 0.25) is 0 Å². The fourth-order valence-electron chi connectivity index (χ4n) is 4.95. The van der Waals surface area contributed by atoms with E-state index in [1.807, 2.05) is 19.1 Å². The van der Waals surface area contributed by atoms with Crippen molar-refractivity contribution in [1.82, 2.24) is 19.9 Å². The number of hydroxylamine groups is 1. The number of nitrogens with one attached hydrogen (secondary N) is 1. The number of benzene rings is 1. The van der Waals surface area contributed by atoms with E-state index in [1.165, 1.54) is 5.06 Å². The summed E-state index contributed by atoms with van der Waals surface area (Å²) in [4.78, 5) is 41.0. The molecule has 3 aliphatic rings. The van der Waals surface area contributed by atoms with E-state index in [1.54, 1.807) is 12.4 Å². The fraction of sp³-hybridized carbons (Fsp3) is 0.423. The molecule has 0 spiro atoms. The van der Waals surface area contributed by atoms with Crippen LogP contribution in [0.4, 0.5) is 33.9 Å². The lowest BCUT2D eigenvalue weighted by atomic mass is 10.1. The molecule has 0 unspecified atom stereocenters. The number of nitrogens with zero attached hydrogens (tertiary/aromatic N) is 7. The molecule has 5 heterocycles. The smallest absolute Gasteiger partial charge is 0.378 e. The number of nitrogens with two attached hydrogens (primary N) is 1. The lowest BCUT2D eigenvalue weighted by Gasteiger charge is -2.29. The second-order valence-corrected chi connectivity index (χ2v) is 9.56. The number of hydrogen-bond donors (Lipinski definition) is 2. The first-order valence-electron chi connectivity index (χ1n) is 13.1. The molecule has 13 heteroatoms. The van der Waals surface area contributed by atoms with Crippen molar-refractivity contribution >= 4 is 35.2 Å². The summed E-state index contributed by atoms with van der Waals surface area (Å²) < 4.78 is 10.9. The maximum absolute atomic E-state index is 13.0. The molecule has 13 nitrogen and oxygen atoms in total. The normalized spacial score (nSPS) is 17.2. The Balaban J connectivity index is 1.22. The van der Waals surface area contributed by atoms with E-state index < -0.39 is 6.09 Å². The second kappa shape index (κ2) is 10.9. The number of aryl methyl sites for hydroxylation is 1. The molecule has 1 aromatic carbocycles. The molecule has 3 aromatic rings. The zero-order valence-corrected chi connectivity index (χ0v) is 21.8. The van der Waals surface area contributed by atoms with Crippen LogP contribution in [0.1, 0.15) is 11.1 Å². The molecule has 0 saturated carbocycles. The molecule has 0 atom stereocenters. The Morgan fingerprint density at radius 3 is 2.36 bits per heavy atom. The van der Waals surface area contributed by atoms with Gasteiger partial charge in [-0.15, -0.1) is 0 Å². The number of hydrogen-bond acceptors (Lipinski definition) is 12. The molecule has 0 bridgehead atoms. The molecular formula is C26H31N9O4. The predicted molar refractivity (Wildman–Crippen MR) is 146 cm³/mol. The van der Waals surface area contributed by atoms with Crippen molar-refractivity contribution in [1.29, 1.82) is 0 Å². The Bertz CT molecular complexity index is 1340. The number of amides is 1. The van der Waals surface area contributed by atoms with Gasteiger partial charge in [-0.1, -0.05) is 0 Å². The van der Waals surface area contributed by atoms with Crippen molar-refractivity contribution in [3.63, 3.8) is 0 Å². The summed E-state index contributed by atoms with van der Waals surface area (Å²) in [6.45, 7) is 8.05. The largest absolute Gasteiger partial charge is 0.436 e. The summed E-state index contributed by atoms with van der Waals surface area (Å²) in [5.41, 5.74) is 10.7. The van der Waals surface area contributed by atoms with E-state index in [4.69, 9.17) is 30.0 Å². The van der Waals surface area contributed by atoms with Gasteiger partial charge in [-0.25, -0.2) is 19.7 Å². The first kappa shape index (κ1) is 25.1. The molecule has 6 rings (SSSR count). The minimum Gasteiger partial charge on any atom is -0.378 e. The summed E-state index contributed by atoms with van der Waals surface area (Å²) in [5.74, 6) is 1.27. The summed E-state index contributed by atoms with van der Waals surface area (Å²) in [7, 11) is 0. The molecule has 3 N–H and O–H groups in total. The third-order valence-corrected chi connectivity index (χ3v) is 7.03. The Hall–Kier alpha value is -4.23. The Labute approximate surface area is 225 Å². The maximum Gasteiger partial charge on any atom is 0.436 e. The van der Waals surface area contributed by atoms with E-state index in [9.17, 15) is 4.79 Å². The number of rotatable bonds is 5. The van der Waals surface area contributed by atoms with Crippen molar-refractivity contribution in [2.24, 2.45) is 0 Å². The fourth-order valence-corrected chi connectivity index (χ4v) is 4.95. The highest BCUT2D eigenvalue weighted by Gasteiger charge is 2.31. The van der Waals surface area contributed by atoms with Crippen LogP contribution in [0.25, 0.3) is 11.3 Å². The number of aromatic nitrogens is 4.